The molecule has 2 heterocycles. The highest BCUT2D eigenvalue weighted by atomic mass is 32.2. The Labute approximate surface area is 150 Å². The summed E-state index contributed by atoms with van der Waals surface area (Å²) in [4.78, 5) is 8.06. The number of nitrogen functional groups attached to an aromatic ring is 1. The van der Waals surface area contributed by atoms with Crippen molar-refractivity contribution in [3.63, 3.8) is 0 Å². The minimum atomic E-state index is -1.75. The fraction of sp³-hybridized carbons (Fsp3) is 0. The van der Waals surface area contributed by atoms with Crippen LogP contribution in [-0.2, 0) is 11.0 Å². The number of nitrogens with zero attached hydrogens (tertiary/aromatic N) is 2. The third-order valence-corrected chi connectivity index (χ3v) is 4.34. The average Bonchev–Trinajstić information content (AvgIpc) is 2.66. The van der Waals surface area contributed by atoms with Gasteiger partial charge in [-0.2, -0.15) is 0 Å². The predicted molar refractivity (Wildman–Crippen MR) is 95.3 cm³/mol. The van der Waals surface area contributed by atoms with E-state index in [2.05, 4.69) is 26.5 Å². The summed E-state index contributed by atoms with van der Waals surface area (Å²) in [6.07, 6.45) is 4.32. The van der Waals surface area contributed by atoms with E-state index in [1.807, 2.05) is 0 Å². The molecular weight excluding hydrogens is 358 g/mol. The zero-order valence-corrected chi connectivity index (χ0v) is 14.1. The first kappa shape index (κ1) is 17.5. The van der Waals surface area contributed by atoms with Crippen molar-refractivity contribution in [3.05, 3.63) is 77.8 Å². The molecule has 3 rings (SSSR count). The van der Waals surface area contributed by atoms with Gasteiger partial charge in [-0.1, -0.05) is 11.8 Å². The van der Waals surface area contributed by atoms with Crippen LogP contribution in [0.15, 0.2) is 59.9 Å². The summed E-state index contributed by atoms with van der Waals surface area (Å²) in [5.41, 5.74) is 5.36. The summed E-state index contributed by atoms with van der Waals surface area (Å²) < 4.78 is 43.3. The normalized spacial score (nSPS) is 11.3. The van der Waals surface area contributed by atoms with Crippen LogP contribution in [0.5, 0.6) is 0 Å². The van der Waals surface area contributed by atoms with E-state index < -0.39 is 28.2 Å². The summed E-state index contributed by atoms with van der Waals surface area (Å²) in [7, 11) is -1.75. The SMILES string of the molecule is Nc1ccc(C#Cc2c(F)ccc(NS(=O)c3cccnc3)c2F)cn1. The second kappa shape index (κ2) is 7.72. The van der Waals surface area contributed by atoms with Crippen LogP contribution < -0.4 is 10.5 Å². The van der Waals surface area contributed by atoms with Crippen molar-refractivity contribution < 1.29 is 13.0 Å². The molecule has 8 heteroatoms. The Bertz CT molecular complexity index is 1020. The van der Waals surface area contributed by atoms with Crippen LogP contribution in [0, 0.1) is 23.5 Å². The van der Waals surface area contributed by atoms with E-state index >= 15 is 0 Å². The van der Waals surface area contributed by atoms with Crippen LogP contribution in [0.4, 0.5) is 20.3 Å². The number of nitrogens with two attached hydrogens (primary N) is 1. The number of halogens is 2. The number of benzene rings is 1. The Morgan fingerprint density at radius 3 is 2.62 bits per heavy atom. The smallest absolute Gasteiger partial charge is 0.165 e. The number of nitrogens with one attached hydrogen (secondary N) is 1. The number of rotatable bonds is 3. The molecule has 0 amide bonds. The summed E-state index contributed by atoms with van der Waals surface area (Å²) >= 11 is 0. The largest absolute Gasteiger partial charge is 0.384 e. The lowest BCUT2D eigenvalue weighted by Crippen LogP contribution is -2.08. The second-order valence-electron chi connectivity index (χ2n) is 5.07. The summed E-state index contributed by atoms with van der Waals surface area (Å²) in [5, 5.41) is 0. The van der Waals surface area contributed by atoms with Crippen LogP contribution in [0.25, 0.3) is 0 Å². The Kier molecular flexibility index (Phi) is 5.20. The number of aromatic nitrogens is 2. The van der Waals surface area contributed by atoms with Gasteiger partial charge in [0.2, 0.25) is 0 Å². The number of anilines is 2. The lowest BCUT2D eigenvalue weighted by molar-refractivity contribution is 0.580. The molecular formula is C18H12F2N4OS. The van der Waals surface area contributed by atoms with E-state index in [1.165, 1.54) is 24.7 Å². The van der Waals surface area contributed by atoms with Gasteiger partial charge in [0, 0.05) is 24.2 Å². The Morgan fingerprint density at radius 1 is 1.08 bits per heavy atom. The van der Waals surface area contributed by atoms with Gasteiger partial charge in [-0.25, -0.2) is 18.0 Å². The molecule has 26 heavy (non-hydrogen) atoms. The molecule has 0 aliphatic carbocycles. The van der Waals surface area contributed by atoms with E-state index in [1.54, 1.807) is 18.2 Å². The maximum Gasteiger partial charge on any atom is 0.165 e. The maximum absolute atomic E-state index is 14.6. The van der Waals surface area contributed by atoms with Crippen LogP contribution in [-0.4, -0.2) is 14.2 Å². The highest BCUT2D eigenvalue weighted by Gasteiger charge is 2.14. The summed E-state index contributed by atoms with van der Waals surface area (Å²) in [6, 6.07) is 8.52. The summed E-state index contributed by atoms with van der Waals surface area (Å²) in [6.45, 7) is 0. The third kappa shape index (κ3) is 4.02. The molecule has 0 bridgehead atoms. The highest BCUT2D eigenvalue weighted by molar-refractivity contribution is 7.86. The molecule has 2 aromatic heterocycles. The van der Waals surface area contributed by atoms with Crippen molar-refractivity contribution in [1.82, 2.24) is 9.97 Å². The van der Waals surface area contributed by atoms with Crippen molar-refractivity contribution in [2.45, 2.75) is 4.90 Å². The van der Waals surface area contributed by atoms with Crippen LogP contribution >= 0.6 is 0 Å². The van der Waals surface area contributed by atoms with Gasteiger partial charge in [0.15, 0.2) is 16.8 Å². The van der Waals surface area contributed by atoms with Gasteiger partial charge in [0.05, 0.1) is 16.1 Å². The van der Waals surface area contributed by atoms with Gasteiger partial charge in [0.25, 0.3) is 0 Å². The van der Waals surface area contributed by atoms with Crippen molar-refractivity contribution >= 4 is 22.5 Å². The van der Waals surface area contributed by atoms with Gasteiger partial charge in [-0.05, 0) is 36.4 Å². The Morgan fingerprint density at radius 2 is 1.92 bits per heavy atom. The van der Waals surface area contributed by atoms with Crippen molar-refractivity contribution in [1.29, 1.82) is 0 Å². The van der Waals surface area contributed by atoms with Crippen LogP contribution in [0.2, 0.25) is 0 Å². The molecule has 0 aliphatic rings. The summed E-state index contributed by atoms with van der Waals surface area (Å²) in [5.74, 6) is 3.62. The quantitative estimate of drug-likeness (QED) is 0.695. The fourth-order valence-electron chi connectivity index (χ4n) is 1.98. The fourth-order valence-corrected chi connectivity index (χ4v) is 2.81. The maximum atomic E-state index is 14.6. The molecule has 0 fully saturated rings. The van der Waals surface area contributed by atoms with Gasteiger partial charge in [-0.15, -0.1) is 0 Å². The van der Waals surface area contributed by atoms with Crippen LogP contribution in [0.3, 0.4) is 0 Å². The molecule has 3 aromatic rings. The lowest BCUT2D eigenvalue weighted by atomic mass is 10.1. The van der Waals surface area contributed by atoms with Crippen molar-refractivity contribution in [3.8, 4) is 11.8 Å². The minimum Gasteiger partial charge on any atom is -0.384 e. The zero-order chi connectivity index (χ0) is 18.5. The van der Waals surface area contributed by atoms with E-state index in [0.29, 0.717) is 16.3 Å². The van der Waals surface area contributed by atoms with Gasteiger partial charge in [-0.3, -0.25) is 9.71 Å². The standard InChI is InChI=1S/C18H12F2N4OS/c19-15-6-7-16(24-26(25)13-2-1-9-22-11-13)18(20)14(15)5-3-12-4-8-17(21)23-10-12/h1-2,4,6-11,24H,(H2,21,23). The van der Waals surface area contributed by atoms with E-state index in [-0.39, 0.29) is 5.69 Å². The van der Waals surface area contributed by atoms with E-state index in [4.69, 9.17) is 5.73 Å². The van der Waals surface area contributed by atoms with E-state index in [9.17, 15) is 13.0 Å². The number of hydrogen-bond donors (Lipinski definition) is 2. The molecule has 130 valence electrons. The molecule has 1 unspecified atom stereocenters. The number of hydrogen-bond acceptors (Lipinski definition) is 4. The van der Waals surface area contributed by atoms with Gasteiger partial charge in [0.1, 0.15) is 11.6 Å². The molecule has 1 atom stereocenters. The molecule has 0 saturated carbocycles. The van der Waals surface area contributed by atoms with Crippen molar-refractivity contribution in [2.24, 2.45) is 0 Å². The van der Waals surface area contributed by atoms with Crippen LogP contribution in [0.1, 0.15) is 11.1 Å². The molecule has 0 saturated heterocycles. The molecule has 5 nitrogen and oxygen atoms in total. The van der Waals surface area contributed by atoms with Crippen molar-refractivity contribution in [2.75, 3.05) is 10.5 Å². The molecule has 0 radical (unpaired) electrons. The first-order chi connectivity index (χ1) is 12.5. The molecule has 3 N–H and O–H groups in total. The Hall–Kier alpha value is -3.31. The molecule has 0 spiro atoms. The molecule has 1 aromatic carbocycles. The predicted octanol–water partition coefficient (Wildman–Crippen LogP) is 2.87. The minimum absolute atomic E-state index is 0.131. The first-order valence-electron chi connectivity index (χ1n) is 7.34. The van der Waals surface area contributed by atoms with Gasteiger partial charge < -0.3 is 5.73 Å². The lowest BCUT2D eigenvalue weighted by Gasteiger charge is -2.08. The van der Waals surface area contributed by atoms with Gasteiger partial charge >= 0.3 is 0 Å². The topological polar surface area (TPSA) is 80.9 Å². The highest BCUT2D eigenvalue weighted by Crippen LogP contribution is 2.22. The number of pyridine rings is 2. The first-order valence-corrected chi connectivity index (χ1v) is 8.49. The third-order valence-electron chi connectivity index (χ3n) is 3.26. The monoisotopic (exact) mass is 370 g/mol. The van der Waals surface area contributed by atoms with E-state index in [0.717, 1.165) is 12.1 Å². The Balaban J connectivity index is 1.89. The zero-order valence-electron chi connectivity index (χ0n) is 13.2. The second-order valence-corrected chi connectivity index (χ2v) is 6.28. The molecule has 0 aliphatic heterocycles. The average molecular weight is 370 g/mol.